The van der Waals surface area contributed by atoms with Crippen LogP contribution in [-0.2, 0) is 4.74 Å². The summed E-state index contributed by atoms with van der Waals surface area (Å²) in [5.41, 5.74) is -0.691. The third kappa shape index (κ3) is 12.5. The Morgan fingerprint density at radius 2 is 1.67 bits per heavy atom. The molecule has 0 aromatic carbocycles. The number of alkyl halides is 2. The Morgan fingerprint density at radius 1 is 1.10 bits per heavy atom. The van der Waals surface area contributed by atoms with Crippen LogP contribution in [0.3, 0.4) is 0 Å². The van der Waals surface area contributed by atoms with E-state index >= 15 is 0 Å². The number of halogens is 2. The molecule has 0 aromatic rings. The van der Waals surface area contributed by atoms with Crippen LogP contribution < -0.4 is 10.6 Å². The molecule has 126 valence electrons. The zero-order valence-corrected chi connectivity index (χ0v) is 14.1. The van der Waals surface area contributed by atoms with Gasteiger partial charge in [-0.3, -0.25) is 0 Å². The fraction of sp³-hybridized carbons (Fsp3) is 0.933. The molecule has 0 radical (unpaired) electrons. The highest BCUT2D eigenvalue weighted by Gasteiger charge is 2.30. The summed E-state index contributed by atoms with van der Waals surface area (Å²) in [6.07, 6.45) is 1.03. The van der Waals surface area contributed by atoms with Crippen molar-refractivity contribution < 1.29 is 18.3 Å². The van der Waals surface area contributed by atoms with E-state index in [-0.39, 0.29) is 6.04 Å². The van der Waals surface area contributed by atoms with Crippen LogP contribution in [0.2, 0.25) is 0 Å². The predicted molar refractivity (Wildman–Crippen MR) is 80.7 cm³/mol. The molecule has 1 unspecified atom stereocenters. The van der Waals surface area contributed by atoms with E-state index in [9.17, 15) is 13.6 Å². The first kappa shape index (κ1) is 20.1. The van der Waals surface area contributed by atoms with Gasteiger partial charge in [-0.05, 0) is 46.5 Å². The number of amides is 1. The lowest BCUT2D eigenvalue weighted by Crippen LogP contribution is -2.46. The van der Waals surface area contributed by atoms with E-state index in [2.05, 4.69) is 24.5 Å². The van der Waals surface area contributed by atoms with Crippen molar-refractivity contribution in [3.8, 4) is 0 Å². The van der Waals surface area contributed by atoms with Gasteiger partial charge in [-0.25, -0.2) is 13.6 Å². The fourth-order valence-electron chi connectivity index (χ4n) is 1.59. The van der Waals surface area contributed by atoms with Gasteiger partial charge in [-0.15, -0.1) is 0 Å². The fourth-order valence-corrected chi connectivity index (χ4v) is 1.59. The molecule has 6 heteroatoms. The minimum absolute atomic E-state index is 0.0276. The Hall–Kier alpha value is -0.910. The number of alkyl carbamates (subject to hydrolysis) is 1. The number of carbonyl (C=O) groups is 1. The smallest absolute Gasteiger partial charge is 0.407 e. The van der Waals surface area contributed by atoms with Gasteiger partial charge in [0.15, 0.2) is 0 Å². The number of hydrogen-bond donors (Lipinski definition) is 2. The number of carbonyl (C=O) groups excluding carboxylic acids is 1. The van der Waals surface area contributed by atoms with Crippen LogP contribution in [0.25, 0.3) is 0 Å². The molecule has 21 heavy (non-hydrogen) atoms. The molecular weight excluding hydrogens is 278 g/mol. The zero-order valence-electron chi connectivity index (χ0n) is 14.1. The summed E-state index contributed by atoms with van der Waals surface area (Å²) in [7, 11) is 0. The summed E-state index contributed by atoms with van der Waals surface area (Å²) in [6, 6.07) is 0.0276. The van der Waals surface area contributed by atoms with Crippen molar-refractivity contribution in [2.75, 3.05) is 13.1 Å². The van der Waals surface area contributed by atoms with E-state index < -0.39 is 30.7 Å². The number of ether oxygens (including phenoxy) is 1. The average Bonchev–Trinajstić information content (AvgIpc) is 2.29. The van der Waals surface area contributed by atoms with E-state index in [4.69, 9.17) is 4.74 Å². The molecule has 0 aliphatic carbocycles. The molecule has 0 aliphatic rings. The van der Waals surface area contributed by atoms with Crippen LogP contribution in [0.15, 0.2) is 0 Å². The number of nitrogens with one attached hydrogen (secondary N) is 2. The van der Waals surface area contributed by atoms with Crippen molar-refractivity contribution in [3.63, 3.8) is 0 Å². The molecule has 0 aromatic heterocycles. The molecule has 1 amide bonds. The van der Waals surface area contributed by atoms with E-state index in [1.165, 1.54) is 0 Å². The molecule has 0 heterocycles. The summed E-state index contributed by atoms with van der Waals surface area (Å²) in [5.74, 6) is -2.44. The first-order valence-electron chi connectivity index (χ1n) is 7.49. The highest BCUT2D eigenvalue weighted by Crippen LogP contribution is 2.13. The number of hydrogen-bond acceptors (Lipinski definition) is 3. The highest BCUT2D eigenvalue weighted by molar-refractivity contribution is 5.67. The van der Waals surface area contributed by atoms with Crippen molar-refractivity contribution >= 4 is 6.09 Å². The molecule has 0 rings (SSSR count). The molecule has 1 atom stereocenters. The summed E-state index contributed by atoms with van der Waals surface area (Å²) in [5, 5.41) is 4.91. The molecule has 0 spiro atoms. The Balaban J connectivity index is 4.00. The van der Waals surface area contributed by atoms with E-state index in [1.807, 2.05) is 6.92 Å². The van der Waals surface area contributed by atoms with E-state index in [0.717, 1.165) is 12.8 Å². The first-order valence-corrected chi connectivity index (χ1v) is 7.49. The molecular formula is C15H30F2N2O2. The minimum atomic E-state index is -3.00. The van der Waals surface area contributed by atoms with Crippen molar-refractivity contribution in [1.82, 2.24) is 10.6 Å². The maximum absolute atomic E-state index is 13.6. The van der Waals surface area contributed by atoms with Gasteiger partial charge in [-0.2, -0.15) is 0 Å². The third-order valence-electron chi connectivity index (χ3n) is 2.78. The minimum Gasteiger partial charge on any atom is -0.444 e. The Morgan fingerprint density at radius 3 is 2.14 bits per heavy atom. The van der Waals surface area contributed by atoms with E-state index in [0.29, 0.717) is 5.92 Å². The van der Waals surface area contributed by atoms with Gasteiger partial charge in [0.25, 0.3) is 5.92 Å². The quantitative estimate of drug-likeness (QED) is 0.721. The standard InChI is InChI=1S/C15H30F2N2O2/c1-11(2)7-8-12(3)18-9-15(16,17)10-19-13(20)21-14(4,5)6/h11-12,18H,7-10H2,1-6H3,(H,19,20). The summed E-state index contributed by atoms with van der Waals surface area (Å²) in [6.45, 7) is 9.96. The van der Waals surface area contributed by atoms with Crippen LogP contribution in [0.1, 0.15) is 54.4 Å². The van der Waals surface area contributed by atoms with Gasteiger partial charge in [-0.1, -0.05) is 13.8 Å². The molecule has 2 N–H and O–H groups in total. The summed E-state index contributed by atoms with van der Waals surface area (Å²) in [4.78, 5) is 11.3. The summed E-state index contributed by atoms with van der Waals surface area (Å²) < 4.78 is 32.2. The molecule has 0 aliphatic heterocycles. The second kappa shape index (κ2) is 8.51. The highest BCUT2D eigenvalue weighted by atomic mass is 19.3. The largest absolute Gasteiger partial charge is 0.444 e. The van der Waals surface area contributed by atoms with E-state index in [1.54, 1.807) is 20.8 Å². The van der Waals surface area contributed by atoms with Crippen molar-refractivity contribution in [2.24, 2.45) is 5.92 Å². The topological polar surface area (TPSA) is 50.4 Å². The molecule has 0 saturated carbocycles. The third-order valence-corrected chi connectivity index (χ3v) is 2.78. The zero-order chi connectivity index (χ0) is 16.7. The van der Waals surface area contributed by atoms with Crippen molar-refractivity contribution in [3.05, 3.63) is 0 Å². The maximum atomic E-state index is 13.6. The monoisotopic (exact) mass is 308 g/mol. The maximum Gasteiger partial charge on any atom is 0.407 e. The summed E-state index contributed by atoms with van der Waals surface area (Å²) >= 11 is 0. The van der Waals surface area contributed by atoms with Crippen LogP contribution in [0, 0.1) is 5.92 Å². The average molecular weight is 308 g/mol. The van der Waals surface area contributed by atoms with Gasteiger partial charge in [0, 0.05) is 6.04 Å². The van der Waals surface area contributed by atoms with Crippen LogP contribution in [-0.4, -0.2) is 36.7 Å². The molecule has 0 bridgehead atoms. The SMILES string of the molecule is CC(C)CCC(C)NCC(F)(F)CNC(=O)OC(C)(C)C. The van der Waals surface area contributed by atoms with Crippen molar-refractivity contribution in [1.29, 1.82) is 0 Å². The van der Waals surface area contributed by atoms with Crippen molar-refractivity contribution in [2.45, 2.75) is 71.9 Å². The second-order valence-electron chi connectivity index (χ2n) is 6.96. The van der Waals surface area contributed by atoms with Crippen LogP contribution in [0.5, 0.6) is 0 Å². The van der Waals surface area contributed by atoms with Gasteiger partial charge < -0.3 is 15.4 Å². The van der Waals surface area contributed by atoms with Gasteiger partial charge in [0.05, 0.1) is 13.1 Å². The molecule has 4 nitrogen and oxygen atoms in total. The molecule has 0 fully saturated rings. The van der Waals surface area contributed by atoms with Crippen LogP contribution in [0.4, 0.5) is 13.6 Å². The van der Waals surface area contributed by atoms with Gasteiger partial charge in [0.1, 0.15) is 5.60 Å². The molecule has 0 saturated heterocycles. The normalized spacial score (nSPS) is 14.1. The Bertz CT molecular complexity index is 315. The second-order valence-corrected chi connectivity index (χ2v) is 6.96. The van der Waals surface area contributed by atoms with Gasteiger partial charge in [0.2, 0.25) is 0 Å². The van der Waals surface area contributed by atoms with Gasteiger partial charge >= 0.3 is 6.09 Å². The Labute approximate surface area is 127 Å². The first-order chi connectivity index (χ1) is 9.41. The van der Waals surface area contributed by atoms with Crippen LogP contribution >= 0.6 is 0 Å². The predicted octanol–water partition coefficient (Wildman–Crippen LogP) is 3.56. The lowest BCUT2D eigenvalue weighted by molar-refractivity contribution is -0.00544. The lowest BCUT2D eigenvalue weighted by atomic mass is 10.0. The number of rotatable bonds is 8. The lowest BCUT2D eigenvalue weighted by Gasteiger charge is -2.23. The Kier molecular flexibility index (Phi) is 8.14.